The molecule has 0 bridgehead atoms. The van der Waals surface area contributed by atoms with Crippen molar-refractivity contribution in [2.75, 3.05) is 7.05 Å². The first-order valence-corrected chi connectivity index (χ1v) is 11.0. The van der Waals surface area contributed by atoms with Gasteiger partial charge in [0.2, 0.25) is 0 Å². The summed E-state index contributed by atoms with van der Waals surface area (Å²) in [4.78, 5) is 24.1. The molecule has 1 unspecified atom stereocenters. The van der Waals surface area contributed by atoms with Crippen molar-refractivity contribution in [2.24, 2.45) is 10.8 Å². The van der Waals surface area contributed by atoms with E-state index in [1.807, 2.05) is 5.32 Å². The minimum Gasteiger partial charge on any atom is -0.350 e. The molecule has 0 fully saturated rings. The molecule has 0 spiro atoms. The van der Waals surface area contributed by atoms with Gasteiger partial charge in [-0.05, 0) is 42.8 Å². The Kier molecular flexibility index (Phi) is 7.77. The molecule has 3 rings (SSSR count). The van der Waals surface area contributed by atoms with Crippen LogP contribution in [-0.2, 0) is 12.7 Å². The molecule has 3 aromatic rings. The van der Waals surface area contributed by atoms with Crippen molar-refractivity contribution < 1.29 is 35.9 Å². The molecule has 7 nitrogen and oxygen atoms in total. The second kappa shape index (κ2) is 10.3. The second-order valence-electron chi connectivity index (χ2n) is 7.88. The van der Waals surface area contributed by atoms with E-state index in [0.29, 0.717) is 28.6 Å². The number of fused-ring (bicyclic) bond motifs is 1. The number of halogens is 7. The minimum absolute atomic E-state index is 0.167. The molecule has 0 saturated heterocycles. The number of nitrogens with zero attached hydrogens (tertiary/aromatic N) is 3. The maximum Gasteiger partial charge on any atom is 0.416 e. The predicted octanol–water partition coefficient (Wildman–Crippen LogP) is 5.71. The van der Waals surface area contributed by atoms with Gasteiger partial charge >= 0.3 is 18.4 Å². The van der Waals surface area contributed by atoms with Crippen LogP contribution in [-0.4, -0.2) is 41.0 Å². The number of hydrazone groups is 1. The Labute approximate surface area is 211 Å². The molecule has 14 heteroatoms. The Hall–Kier alpha value is -3.74. The minimum atomic E-state index is -5.08. The lowest BCUT2D eigenvalue weighted by molar-refractivity contribution is -0.156. The van der Waals surface area contributed by atoms with Crippen LogP contribution < -0.4 is 11.1 Å². The van der Waals surface area contributed by atoms with Crippen LogP contribution in [0.4, 0.5) is 31.1 Å². The van der Waals surface area contributed by atoms with E-state index in [4.69, 9.17) is 17.3 Å². The first kappa shape index (κ1) is 27.8. The van der Waals surface area contributed by atoms with E-state index in [0.717, 1.165) is 17.1 Å². The van der Waals surface area contributed by atoms with Gasteiger partial charge in [-0.25, -0.2) is 9.80 Å². The summed E-state index contributed by atoms with van der Waals surface area (Å²) in [7, 11) is 1.31. The van der Waals surface area contributed by atoms with Crippen molar-refractivity contribution in [1.82, 2.24) is 14.9 Å². The predicted molar refractivity (Wildman–Crippen MR) is 125 cm³/mol. The van der Waals surface area contributed by atoms with Gasteiger partial charge < -0.3 is 15.6 Å². The van der Waals surface area contributed by atoms with E-state index in [1.165, 1.54) is 36.0 Å². The third-order valence-corrected chi connectivity index (χ3v) is 5.74. The molecule has 1 heterocycles. The number of carbonyl (C=O) groups excluding carboxylic acids is 2. The molecule has 0 aliphatic carbocycles. The van der Waals surface area contributed by atoms with E-state index in [1.54, 1.807) is 6.92 Å². The van der Waals surface area contributed by atoms with Gasteiger partial charge in [0.05, 0.1) is 22.3 Å². The van der Waals surface area contributed by atoms with Gasteiger partial charge in [0, 0.05) is 24.5 Å². The topological polar surface area (TPSA) is 92.7 Å². The molecule has 1 atom stereocenters. The molecule has 3 amide bonds. The van der Waals surface area contributed by atoms with E-state index in [2.05, 4.69) is 5.10 Å². The van der Waals surface area contributed by atoms with Crippen molar-refractivity contribution >= 4 is 40.7 Å². The normalized spacial score (nSPS) is 13.2. The highest BCUT2D eigenvalue weighted by atomic mass is 35.5. The Balaban J connectivity index is 2.02. The Morgan fingerprint density at radius 2 is 1.84 bits per heavy atom. The lowest BCUT2D eigenvalue weighted by atomic mass is 10.0. The number of alkyl halides is 6. The van der Waals surface area contributed by atoms with Crippen molar-refractivity contribution in [1.29, 1.82) is 0 Å². The van der Waals surface area contributed by atoms with Crippen LogP contribution in [0.15, 0.2) is 47.6 Å². The first-order valence-electron chi connectivity index (χ1n) is 10.6. The number of amides is 3. The summed E-state index contributed by atoms with van der Waals surface area (Å²) in [5.41, 5.74) is 3.64. The summed E-state index contributed by atoms with van der Waals surface area (Å²) in [6.07, 6.45) is -8.71. The lowest BCUT2D eigenvalue weighted by Crippen LogP contribution is -2.39. The van der Waals surface area contributed by atoms with Gasteiger partial charge in [-0.3, -0.25) is 4.79 Å². The van der Waals surface area contributed by atoms with Gasteiger partial charge in [-0.15, -0.1) is 0 Å². The van der Waals surface area contributed by atoms with E-state index >= 15 is 0 Å². The number of hydrogen-bond acceptors (Lipinski definition) is 3. The average molecular weight is 548 g/mol. The van der Waals surface area contributed by atoms with Gasteiger partial charge in [0.1, 0.15) is 5.69 Å². The first-order chi connectivity index (χ1) is 17.1. The summed E-state index contributed by atoms with van der Waals surface area (Å²) >= 11 is 6.28. The number of primary amides is 1. The molecule has 0 saturated carbocycles. The summed E-state index contributed by atoms with van der Waals surface area (Å²) < 4.78 is 82.1. The van der Waals surface area contributed by atoms with Crippen LogP contribution >= 0.6 is 11.6 Å². The number of aromatic nitrogens is 1. The van der Waals surface area contributed by atoms with Crippen LogP contribution in [0.5, 0.6) is 0 Å². The summed E-state index contributed by atoms with van der Waals surface area (Å²) in [6.45, 7) is 1.82. The maximum atomic E-state index is 13.8. The molecular weight excluding hydrogens is 528 g/mol. The van der Waals surface area contributed by atoms with E-state index in [-0.39, 0.29) is 17.3 Å². The largest absolute Gasteiger partial charge is 0.416 e. The highest BCUT2D eigenvalue weighted by Gasteiger charge is 2.43. The molecule has 198 valence electrons. The van der Waals surface area contributed by atoms with Gasteiger partial charge in [-0.1, -0.05) is 23.7 Å². The molecular formula is C23H20ClF6N5O2. The number of benzene rings is 2. The highest BCUT2D eigenvalue weighted by Crippen LogP contribution is 2.37. The Bertz CT molecular complexity index is 1370. The SMILES string of the molecule is CCn1c(C(=O)NC(c2cccc(C(F)(F)F)c2)C(F)(F)F)cc2cc(/C=N/N(C)C(N)=O)c(Cl)cc21. The number of urea groups is 1. The molecule has 0 aliphatic heterocycles. The number of rotatable bonds is 6. The summed E-state index contributed by atoms with van der Waals surface area (Å²) in [5.74, 6) is -1.16. The third kappa shape index (κ3) is 6.16. The van der Waals surface area contributed by atoms with Gasteiger partial charge in [0.15, 0.2) is 6.04 Å². The fourth-order valence-electron chi connectivity index (χ4n) is 3.59. The van der Waals surface area contributed by atoms with Gasteiger partial charge in [0.25, 0.3) is 5.91 Å². The second-order valence-corrected chi connectivity index (χ2v) is 8.29. The number of hydrogen-bond donors (Lipinski definition) is 2. The number of carbonyl (C=O) groups is 2. The molecule has 37 heavy (non-hydrogen) atoms. The van der Waals surface area contributed by atoms with Crippen LogP contribution in [0.1, 0.15) is 40.1 Å². The summed E-state index contributed by atoms with van der Waals surface area (Å²) in [6, 6.07) is 3.46. The maximum absolute atomic E-state index is 13.8. The van der Waals surface area contributed by atoms with Crippen molar-refractivity contribution in [3.8, 4) is 0 Å². The van der Waals surface area contributed by atoms with Crippen LogP contribution in [0, 0.1) is 0 Å². The standard InChI is InChI=1S/C23H20ClF6N5O2/c1-3-35-17-10-16(24)14(11-32-34(2)21(31)37)7-13(17)9-18(35)20(36)33-19(23(28,29)30)12-5-4-6-15(8-12)22(25,26)27/h4-11,19H,3H2,1-2H3,(H2,31,37)(H,33,36)/b32-11+. The number of nitrogens with two attached hydrogens (primary N) is 1. The van der Waals surface area contributed by atoms with Crippen molar-refractivity contribution in [2.45, 2.75) is 31.9 Å². The van der Waals surface area contributed by atoms with E-state index in [9.17, 15) is 35.9 Å². The molecule has 2 aromatic carbocycles. The van der Waals surface area contributed by atoms with Crippen molar-refractivity contribution in [3.05, 3.63) is 69.9 Å². The smallest absolute Gasteiger partial charge is 0.350 e. The molecule has 0 radical (unpaired) electrons. The highest BCUT2D eigenvalue weighted by molar-refractivity contribution is 6.34. The number of nitrogens with one attached hydrogen (secondary N) is 1. The average Bonchev–Trinajstić information content (AvgIpc) is 3.16. The molecule has 1 aromatic heterocycles. The third-order valence-electron chi connectivity index (χ3n) is 5.41. The van der Waals surface area contributed by atoms with Gasteiger partial charge in [-0.2, -0.15) is 31.4 Å². The summed E-state index contributed by atoms with van der Waals surface area (Å²) in [5, 5.41) is 7.08. The van der Waals surface area contributed by atoms with Crippen LogP contribution in [0.3, 0.4) is 0 Å². The number of aryl methyl sites for hydroxylation is 1. The Morgan fingerprint density at radius 1 is 1.16 bits per heavy atom. The fraction of sp³-hybridized carbons (Fsp3) is 0.261. The zero-order valence-electron chi connectivity index (χ0n) is 19.3. The quantitative estimate of drug-likeness (QED) is 0.235. The molecule has 0 aliphatic rings. The fourth-order valence-corrected chi connectivity index (χ4v) is 3.80. The zero-order chi connectivity index (χ0) is 27.7. The molecule has 3 N–H and O–H groups in total. The van der Waals surface area contributed by atoms with Crippen LogP contribution in [0.25, 0.3) is 10.9 Å². The zero-order valence-corrected chi connectivity index (χ0v) is 20.0. The van der Waals surface area contributed by atoms with Crippen molar-refractivity contribution in [3.63, 3.8) is 0 Å². The Morgan fingerprint density at radius 3 is 2.41 bits per heavy atom. The monoisotopic (exact) mass is 547 g/mol. The van der Waals surface area contributed by atoms with E-state index < -0.39 is 41.5 Å². The van der Waals surface area contributed by atoms with Crippen LogP contribution in [0.2, 0.25) is 5.02 Å². The lowest BCUT2D eigenvalue weighted by Gasteiger charge is -2.23.